The fraction of sp³-hybridized carbons (Fsp3) is 0.200. The Morgan fingerprint density at radius 1 is 1.46 bits per heavy atom. The van der Waals surface area contributed by atoms with Crippen molar-refractivity contribution in [1.29, 1.82) is 0 Å². The van der Waals surface area contributed by atoms with Crippen molar-refractivity contribution in [2.75, 3.05) is 12.4 Å². The van der Waals surface area contributed by atoms with Crippen LogP contribution in [0.25, 0.3) is 0 Å². The summed E-state index contributed by atoms with van der Waals surface area (Å²) in [4.78, 5) is 0. The van der Waals surface area contributed by atoms with Crippen LogP contribution in [0, 0.1) is 0 Å². The molecule has 0 heterocycles. The Hall–Kier alpha value is -0.410. The van der Waals surface area contributed by atoms with Gasteiger partial charge in [0, 0.05) is 5.75 Å². The van der Waals surface area contributed by atoms with Gasteiger partial charge in [0.05, 0.1) is 4.47 Å². The van der Waals surface area contributed by atoms with Crippen molar-refractivity contribution >= 4 is 28.6 Å². The first-order valence-electron chi connectivity index (χ1n) is 3.89. The van der Waals surface area contributed by atoms with E-state index in [4.69, 9.17) is 4.74 Å². The SMILES string of the molecule is C=C(CS)COc1ccccc1Br. The van der Waals surface area contributed by atoms with Gasteiger partial charge >= 0.3 is 0 Å². The molecule has 0 unspecified atom stereocenters. The number of ether oxygens (including phenoxy) is 1. The molecule has 1 rings (SSSR count). The molecule has 0 aliphatic rings. The van der Waals surface area contributed by atoms with Crippen molar-refractivity contribution in [3.8, 4) is 5.75 Å². The van der Waals surface area contributed by atoms with Crippen LogP contribution in [0.5, 0.6) is 5.75 Å². The first-order chi connectivity index (χ1) is 6.24. The van der Waals surface area contributed by atoms with Gasteiger partial charge < -0.3 is 4.74 Å². The fourth-order valence-electron chi connectivity index (χ4n) is 0.787. The highest BCUT2D eigenvalue weighted by Crippen LogP contribution is 2.23. The molecule has 0 bridgehead atoms. The fourth-order valence-corrected chi connectivity index (χ4v) is 1.28. The summed E-state index contributed by atoms with van der Waals surface area (Å²) >= 11 is 7.49. The van der Waals surface area contributed by atoms with Gasteiger partial charge in [0.15, 0.2) is 0 Å². The molecule has 1 aromatic carbocycles. The molecular formula is C10H11BrOS. The third-order valence-electron chi connectivity index (χ3n) is 1.49. The number of para-hydroxylation sites is 1. The highest BCUT2D eigenvalue weighted by Gasteiger charge is 1.99. The summed E-state index contributed by atoms with van der Waals surface area (Å²) in [7, 11) is 0. The summed E-state index contributed by atoms with van der Waals surface area (Å²) in [5, 5.41) is 0. The molecule has 3 heteroatoms. The standard InChI is InChI=1S/C10H11BrOS/c1-8(7-13)6-12-10-5-3-2-4-9(10)11/h2-5,13H,1,6-7H2. The number of benzene rings is 1. The van der Waals surface area contributed by atoms with E-state index in [1.54, 1.807) is 0 Å². The summed E-state index contributed by atoms with van der Waals surface area (Å²) in [6, 6.07) is 7.74. The number of thiol groups is 1. The maximum Gasteiger partial charge on any atom is 0.133 e. The zero-order valence-corrected chi connectivity index (χ0v) is 9.64. The first-order valence-corrected chi connectivity index (χ1v) is 5.31. The van der Waals surface area contributed by atoms with Crippen LogP contribution in [-0.4, -0.2) is 12.4 Å². The monoisotopic (exact) mass is 258 g/mol. The average molecular weight is 259 g/mol. The molecule has 1 nitrogen and oxygen atoms in total. The number of rotatable bonds is 4. The van der Waals surface area contributed by atoms with E-state index >= 15 is 0 Å². The zero-order valence-electron chi connectivity index (χ0n) is 7.16. The molecule has 0 fully saturated rings. The van der Waals surface area contributed by atoms with E-state index in [-0.39, 0.29) is 0 Å². The van der Waals surface area contributed by atoms with Gasteiger partial charge in [-0.15, -0.1) is 0 Å². The van der Waals surface area contributed by atoms with Gasteiger partial charge in [-0.25, -0.2) is 0 Å². The molecule has 0 aliphatic carbocycles. The average Bonchev–Trinajstić information content (AvgIpc) is 2.16. The van der Waals surface area contributed by atoms with Crippen LogP contribution in [0.15, 0.2) is 40.9 Å². The topological polar surface area (TPSA) is 9.23 Å². The summed E-state index contributed by atoms with van der Waals surface area (Å²) in [6.07, 6.45) is 0. The molecule has 13 heavy (non-hydrogen) atoms. The predicted octanol–water partition coefficient (Wildman–Crippen LogP) is 3.31. The molecule has 0 amide bonds. The van der Waals surface area contributed by atoms with E-state index in [9.17, 15) is 0 Å². The number of hydrogen-bond donors (Lipinski definition) is 1. The Bertz CT molecular complexity index is 299. The number of hydrogen-bond acceptors (Lipinski definition) is 2. The van der Waals surface area contributed by atoms with Gasteiger partial charge in [-0.1, -0.05) is 18.7 Å². The maximum atomic E-state index is 5.49. The molecule has 70 valence electrons. The quantitative estimate of drug-likeness (QED) is 0.644. The second kappa shape index (κ2) is 5.35. The van der Waals surface area contributed by atoms with E-state index in [0.29, 0.717) is 12.4 Å². The zero-order chi connectivity index (χ0) is 9.68. The normalized spacial score (nSPS) is 9.69. The van der Waals surface area contributed by atoms with Crippen molar-refractivity contribution in [1.82, 2.24) is 0 Å². The van der Waals surface area contributed by atoms with E-state index in [1.807, 2.05) is 24.3 Å². The third-order valence-corrected chi connectivity index (χ3v) is 2.59. The summed E-state index contributed by atoms with van der Waals surface area (Å²) in [5.74, 6) is 1.50. The first kappa shape index (κ1) is 10.7. The third kappa shape index (κ3) is 3.44. The minimum atomic E-state index is 0.520. The van der Waals surface area contributed by atoms with E-state index in [0.717, 1.165) is 15.8 Å². The van der Waals surface area contributed by atoms with Crippen LogP contribution in [0.4, 0.5) is 0 Å². The molecule has 0 radical (unpaired) electrons. The molecular weight excluding hydrogens is 248 g/mol. The minimum Gasteiger partial charge on any atom is -0.488 e. The smallest absolute Gasteiger partial charge is 0.133 e. The molecule has 0 aliphatic heterocycles. The van der Waals surface area contributed by atoms with Crippen LogP contribution in [0.1, 0.15) is 0 Å². The Balaban J connectivity index is 2.54. The van der Waals surface area contributed by atoms with Crippen LogP contribution >= 0.6 is 28.6 Å². The van der Waals surface area contributed by atoms with Crippen LogP contribution in [-0.2, 0) is 0 Å². The lowest BCUT2D eigenvalue weighted by molar-refractivity contribution is 0.351. The highest BCUT2D eigenvalue weighted by atomic mass is 79.9. The molecule has 0 N–H and O–H groups in total. The Morgan fingerprint density at radius 3 is 2.77 bits per heavy atom. The molecule has 0 spiro atoms. The van der Waals surface area contributed by atoms with Crippen molar-refractivity contribution < 1.29 is 4.74 Å². The van der Waals surface area contributed by atoms with E-state index < -0.39 is 0 Å². The maximum absolute atomic E-state index is 5.49. The Kier molecular flexibility index (Phi) is 4.39. The molecule has 0 saturated heterocycles. The second-order valence-electron chi connectivity index (χ2n) is 2.63. The van der Waals surface area contributed by atoms with Crippen molar-refractivity contribution in [3.05, 3.63) is 40.9 Å². The lowest BCUT2D eigenvalue weighted by atomic mass is 10.3. The lowest BCUT2D eigenvalue weighted by Gasteiger charge is -2.07. The Labute approximate surface area is 92.3 Å². The van der Waals surface area contributed by atoms with Gasteiger partial charge in [0.25, 0.3) is 0 Å². The van der Waals surface area contributed by atoms with E-state index in [1.165, 1.54) is 0 Å². The van der Waals surface area contributed by atoms with Crippen molar-refractivity contribution in [3.63, 3.8) is 0 Å². The molecule has 0 aromatic heterocycles. The van der Waals surface area contributed by atoms with Crippen LogP contribution < -0.4 is 4.74 Å². The minimum absolute atomic E-state index is 0.520. The van der Waals surface area contributed by atoms with Gasteiger partial charge in [-0.3, -0.25) is 0 Å². The van der Waals surface area contributed by atoms with Crippen molar-refractivity contribution in [2.24, 2.45) is 0 Å². The molecule has 0 saturated carbocycles. The predicted molar refractivity (Wildman–Crippen MR) is 62.6 cm³/mol. The second-order valence-corrected chi connectivity index (χ2v) is 3.80. The highest BCUT2D eigenvalue weighted by molar-refractivity contribution is 9.10. The molecule has 1 aromatic rings. The van der Waals surface area contributed by atoms with Crippen LogP contribution in [0.2, 0.25) is 0 Å². The van der Waals surface area contributed by atoms with Gasteiger partial charge in [0.2, 0.25) is 0 Å². The largest absolute Gasteiger partial charge is 0.488 e. The van der Waals surface area contributed by atoms with Gasteiger partial charge in [-0.2, -0.15) is 12.6 Å². The lowest BCUT2D eigenvalue weighted by Crippen LogP contribution is -2.01. The van der Waals surface area contributed by atoms with Crippen molar-refractivity contribution in [2.45, 2.75) is 0 Å². The van der Waals surface area contributed by atoms with Gasteiger partial charge in [0.1, 0.15) is 12.4 Å². The Morgan fingerprint density at radius 2 is 2.15 bits per heavy atom. The number of halogens is 1. The van der Waals surface area contributed by atoms with E-state index in [2.05, 4.69) is 35.1 Å². The summed E-state index contributed by atoms with van der Waals surface area (Å²) < 4.78 is 6.45. The summed E-state index contributed by atoms with van der Waals surface area (Å²) in [6.45, 7) is 4.32. The molecule has 0 atom stereocenters. The van der Waals surface area contributed by atoms with Crippen LogP contribution in [0.3, 0.4) is 0 Å². The van der Waals surface area contributed by atoms with Gasteiger partial charge in [-0.05, 0) is 33.6 Å². The summed E-state index contributed by atoms with van der Waals surface area (Å²) in [5.41, 5.74) is 0.971.